The predicted molar refractivity (Wildman–Crippen MR) is 131 cm³/mol. The molecule has 3 heterocycles. The third kappa shape index (κ3) is 5.75. The average molecular weight is 487 g/mol. The van der Waals surface area contributed by atoms with E-state index in [4.69, 9.17) is 5.26 Å². The molecular formula is C24H28Cl2N6O. The molecule has 2 aromatic rings. The van der Waals surface area contributed by atoms with Gasteiger partial charge >= 0.3 is 0 Å². The number of amides is 1. The Balaban J connectivity index is 0.00000193. The van der Waals surface area contributed by atoms with E-state index < -0.39 is 0 Å². The molecule has 1 N–H and O–H groups in total. The average Bonchev–Trinajstić information content (AvgIpc) is 3.33. The highest BCUT2D eigenvalue weighted by atomic mass is 35.5. The van der Waals surface area contributed by atoms with Gasteiger partial charge in [0.2, 0.25) is 5.91 Å². The van der Waals surface area contributed by atoms with Gasteiger partial charge in [-0.2, -0.15) is 10.5 Å². The first kappa shape index (κ1) is 26.4. The first-order chi connectivity index (χ1) is 15.1. The molecule has 1 aromatic heterocycles. The Morgan fingerprint density at radius 3 is 2.42 bits per heavy atom. The maximum absolute atomic E-state index is 12.8. The van der Waals surface area contributed by atoms with Crippen molar-refractivity contribution < 1.29 is 4.79 Å². The third-order valence-corrected chi connectivity index (χ3v) is 6.44. The van der Waals surface area contributed by atoms with E-state index in [0.717, 1.165) is 44.6 Å². The number of anilines is 1. The summed E-state index contributed by atoms with van der Waals surface area (Å²) in [5.74, 6) is 0.862. The molecule has 4 rings (SSSR count). The summed E-state index contributed by atoms with van der Waals surface area (Å²) in [7, 11) is 0. The van der Waals surface area contributed by atoms with E-state index in [9.17, 15) is 10.1 Å². The van der Waals surface area contributed by atoms with Gasteiger partial charge in [0.25, 0.3) is 0 Å². The Morgan fingerprint density at radius 2 is 1.82 bits per heavy atom. The quantitative estimate of drug-likeness (QED) is 0.695. The minimum Gasteiger partial charge on any atom is -0.356 e. The summed E-state index contributed by atoms with van der Waals surface area (Å²) in [6.45, 7) is 2.47. The van der Waals surface area contributed by atoms with Crippen molar-refractivity contribution in [1.82, 2.24) is 15.2 Å². The van der Waals surface area contributed by atoms with E-state index in [0.29, 0.717) is 12.1 Å². The molecule has 2 saturated heterocycles. The molecule has 2 aliphatic heterocycles. The molecule has 9 heteroatoms. The van der Waals surface area contributed by atoms with Crippen molar-refractivity contribution >= 4 is 36.5 Å². The normalized spacial score (nSPS) is 18.9. The fourth-order valence-electron chi connectivity index (χ4n) is 4.63. The number of hydrogen-bond acceptors (Lipinski definition) is 6. The molecule has 0 bridgehead atoms. The summed E-state index contributed by atoms with van der Waals surface area (Å²) in [6, 6.07) is 18.0. The van der Waals surface area contributed by atoms with Crippen LogP contribution < -0.4 is 10.2 Å². The lowest BCUT2D eigenvalue weighted by Gasteiger charge is -2.43. The highest BCUT2D eigenvalue weighted by Gasteiger charge is 2.37. The Bertz CT molecular complexity index is 994. The van der Waals surface area contributed by atoms with Crippen LogP contribution in [0.25, 0.3) is 0 Å². The number of rotatable bonds is 5. The van der Waals surface area contributed by atoms with Gasteiger partial charge in [0.05, 0.1) is 18.2 Å². The van der Waals surface area contributed by atoms with Gasteiger partial charge in [-0.1, -0.05) is 30.3 Å². The number of likely N-dealkylation sites (tertiary alicyclic amines) is 1. The van der Waals surface area contributed by atoms with Crippen molar-refractivity contribution in [2.45, 2.75) is 37.3 Å². The molecule has 1 aromatic carbocycles. The van der Waals surface area contributed by atoms with E-state index in [2.05, 4.69) is 39.5 Å². The molecule has 0 aliphatic carbocycles. The first-order valence-corrected chi connectivity index (χ1v) is 10.8. The van der Waals surface area contributed by atoms with Crippen LogP contribution in [0.1, 0.15) is 36.8 Å². The molecule has 33 heavy (non-hydrogen) atoms. The van der Waals surface area contributed by atoms with E-state index in [1.54, 1.807) is 17.2 Å². The molecule has 1 atom stereocenters. The Labute approximate surface area is 207 Å². The number of carbonyl (C=O) groups excluding carboxylic acids is 1. The number of carbonyl (C=O) groups is 1. The van der Waals surface area contributed by atoms with Gasteiger partial charge in [-0.3, -0.25) is 10.1 Å². The van der Waals surface area contributed by atoms with Gasteiger partial charge in [0.1, 0.15) is 17.9 Å². The van der Waals surface area contributed by atoms with Crippen LogP contribution in [0.2, 0.25) is 0 Å². The molecule has 2 aliphatic rings. The van der Waals surface area contributed by atoms with E-state index in [-0.39, 0.29) is 48.8 Å². The molecule has 1 unspecified atom stereocenters. The van der Waals surface area contributed by atoms with E-state index in [1.165, 1.54) is 5.56 Å². The second-order valence-corrected chi connectivity index (χ2v) is 8.18. The van der Waals surface area contributed by atoms with E-state index >= 15 is 0 Å². The highest BCUT2D eigenvalue weighted by Crippen LogP contribution is 2.34. The van der Waals surface area contributed by atoms with Crippen LogP contribution in [0.5, 0.6) is 0 Å². The number of nitriles is 2. The van der Waals surface area contributed by atoms with Crippen LogP contribution in [0.3, 0.4) is 0 Å². The maximum Gasteiger partial charge on any atom is 0.237 e. The maximum atomic E-state index is 12.8. The number of hydrogen-bond donors (Lipinski definition) is 1. The van der Waals surface area contributed by atoms with Crippen LogP contribution in [-0.2, 0) is 10.3 Å². The minimum atomic E-state index is -0.304. The Morgan fingerprint density at radius 1 is 1.09 bits per heavy atom. The SMILES string of the molecule is Cl.Cl.N#Cc1ccc(N2CCC(NCC(=O)N3CCCC3C#N)(c3ccccc3)CC2)nc1. The largest absolute Gasteiger partial charge is 0.356 e. The zero-order chi connectivity index (χ0) is 21.7. The van der Waals surface area contributed by atoms with Gasteiger partial charge in [0, 0.05) is 31.4 Å². The number of benzene rings is 1. The van der Waals surface area contributed by atoms with Gasteiger partial charge in [0.15, 0.2) is 0 Å². The summed E-state index contributed by atoms with van der Waals surface area (Å²) < 4.78 is 0. The summed E-state index contributed by atoms with van der Waals surface area (Å²) in [5.41, 5.74) is 1.42. The van der Waals surface area contributed by atoms with Crippen LogP contribution in [0.4, 0.5) is 5.82 Å². The van der Waals surface area contributed by atoms with Gasteiger partial charge < -0.3 is 9.80 Å². The fourth-order valence-corrected chi connectivity index (χ4v) is 4.63. The lowest BCUT2D eigenvalue weighted by Crippen LogP contribution is -2.54. The molecule has 2 fully saturated rings. The zero-order valence-electron chi connectivity index (χ0n) is 18.3. The van der Waals surface area contributed by atoms with Crippen LogP contribution >= 0.6 is 24.8 Å². The standard InChI is InChI=1S/C24H26N6O.2ClH/c25-15-19-8-9-22(27-17-19)29-13-10-24(11-14-29,20-5-2-1-3-6-20)28-18-23(31)30-12-4-7-21(30)16-26;;/h1-3,5-6,8-9,17,21,28H,4,7,10-14,18H2;2*1H. The number of pyridine rings is 1. The van der Waals surface area contributed by atoms with Gasteiger partial charge in [-0.25, -0.2) is 4.98 Å². The predicted octanol–water partition coefficient (Wildman–Crippen LogP) is 3.40. The second-order valence-electron chi connectivity index (χ2n) is 8.18. The topological polar surface area (TPSA) is 96.0 Å². The van der Waals surface area contributed by atoms with Crippen molar-refractivity contribution in [3.8, 4) is 12.1 Å². The van der Waals surface area contributed by atoms with Crippen molar-refractivity contribution in [3.05, 3.63) is 59.8 Å². The monoisotopic (exact) mass is 486 g/mol. The lowest BCUT2D eigenvalue weighted by molar-refractivity contribution is -0.130. The van der Waals surface area contributed by atoms with E-state index in [1.807, 2.05) is 24.3 Å². The highest BCUT2D eigenvalue weighted by molar-refractivity contribution is 5.85. The molecule has 0 spiro atoms. The summed E-state index contributed by atoms with van der Waals surface area (Å²) in [4.78, 5) is 21.2. The number of nitrogens with zero attached hydrogens (tertiary/aromatic N) is 5. The van der Waals surface area contributed by atoms with Crippen LogP contribution in [0.15, 0.2) is 48.7 Å². The molecule has 0 radical (unpaired) electrons. The van der Waals surface area contributed by atoms with Crippen molar-refractivity contribution in [2.24, 2.45) is 0 Å². The summed E-state index contributed by atoms with van der Waals surface area (Å²) >= 11 is 0. The Hall–Kier alpha value is -2.84. The number of halogens is 2. The zero-order valence-corrected chi connectivity index (χ0v) is 19.9. The van der Waals surface area contributed by atoms with Crippen LogP contribution in [-0.4, -0.2) is 48.0 Å². The third-order valence-electron chi connectivity index (χ3n) is 6.44. The molecule has 7 nitrogen and oxygen atoms in total. The second kappa shape index (κ2) is 11.9. The smallest absolute Gasteiger partial charge is 0.237 e. The number of piperidine rings is 1. The van der Waals surface area contributed by atoms with Gasteiger partial charge in [-0.05, 0) is 43.4 Å². The molecular weight excluding hydrogens is 459 g/mol. The first-order valence-electron chi connectivity index (χ1n) is 10.8. The van der Waals surface area contributed by atoms with Crippen molar-refractivity contribution in [3.63, 3.8) is 0 Å². The molecule has 1 amide bonds. The fraction of sp³-hybridized carbons (Fsp3) is 0.417. The van der Waals surface area contributed by atoms with Crippen molar-refractivity contribution in [1.29, 1.82) is 10.5 Å². The number of nitrogens with one attached hydrogen (secondary N) is 1. The van der Waals surface area contributed by atoms with Crippen molar-refractivity contribution in [2.75, 3.05) is 31.1 Å². The lowest BCUT2D eigenvalue weighted by atomic mass is 9.80. The summed E-state index contributed by atoms with van der Waals surface area (Å²) in [6.07, 6.45) is 4.91. The summed E-state index contributed by atoms with van der Waals surface area (Å²) in [5, 5.41) is 21.9. The Kier molecular flexibility index (Phi) is 9.49. The van der Waals surface area contributed by atoms with Crippen LogP contribution in [0, 0.1) is 22.7 Å². The number of aromatic nitrogens is 1. The molecule has 0 saturated carbocycles. The molecule has 174 valence electrons. The van der Waals surface area contributed by atoms with Gasteiger partial charge in [-0.15, -0.1) is 24.8 Å². The minimum absolute atomic E-state index is 0.